The predicted molar refractivity (Wildman–Crippen MR) is 67.4 cm³/mol. The van der Waals surface area contributed by atoms with Crippen molar-refractivity contribution in [2.24, 2.45) is 0 Å². The van der Waals surface area contributed by atoms with E-state index in [1.54, 1.807) is 30.3 Å². The van der Waals surface area contributed by atoms with Crippen LogP contribution in [0.1, 0.15) is 5.56 Å². The fraction of sp³-hybridized carbons (Fsp3) is 0.0714. The maximum Gasteiger partial charge on any atom is 0.146 e. The number of halogens is 1. The lowest BCUT2D eigenvalue weighted by Crippen LogP contribution is -1.97. The molecule has 0 saturated heterocycles. The minimum absolute atomic E-state index is 0.275. The molecule has 1 N–H and O–H groups in total. The average molecular weight is 242 g/mol. The minimum atomic E-state index is -0.399. The molecule has 0 heterocycles. The number of rotatable bonds is 3. The smallest absolute Gasteiger partial charge is 0.146 e. The Kier molecular flexibility index (Phi) is 3.44. The van der Waals surface area contributed by atoms with Gasteiger partial charge in [-0.15, -0.1) is 0 Å². The second-order valence-corrected chi connectivity index (χ2v) is 3.63. The Morgan fingerprint density at radius 2 is 1.94 bits per heavy atom. The zero-order valence-electron chi connectivity index (χ0n) is 9.77. The summed E-state index contributed by atoms with van der Waals surface area (Å²) in [6.07, 6.45) is 0. The molecule has 2 aromatic carbocycles. The third-order valence-corrected chi connectivity index (χ3v) is 2.49. The lowest BCUT2D eigenvalue weighted by atomic mass is 10.2. The molecular weight excluding hydrogens is 231 g/mol. The summed E-state index contributed by atoms with van der Waals surface area (Å²) in [7, 11) is 1.51. The molecule has 90 valence electrons. The number of nitrogens with one attached hydrogen (secondary N) is 1. The van der Waals surface area contributed by atoms with Crippen LogP contribution in [0.15, 0.2) is 42.5 Å². The van der Waals surface area contributed by atoms with Crippen LogP contribution in [0.4, 0.5) is 15.8 Å². The van der Waals surface area contributed by atoms with Gasteiger partial charge in [0.1, 0.15) is 17.6 Å². The Balaban J connectivity index is 2.37. The first kappa shape index (κ1) is 11.9. The molecule has 0 aliphatic heterocycles. The van der Waals surface area contributed by atoms with Gasteiger partial charge in [-0.05, 0) is 24.3 Å². The van der Waals surface area contributed by atoms with E-state index in [4.69, 9.17) is 10.00 Å². The van der Waals surface area contributed by atoms with Crippen molar-refractivity contribution in [3.05, 3.63) is 53.8 Å². The van der Waals surface area contributed by atoms with Crippen molar-refractivity contribution in [2.75, 3.05) is 12.4 Å². The average Bonchev–Trinajstić information content (AvgIpc) is 2.42. The van der Waals surface area contributed by atoms with Crippen LogP contribution in [-0.2, 0) is 0 Å². The van der Waals surface area contributed by atoms with E-state index in [2.05, 4.69) is 5.32 Å². The Bertz CT molecular complexity index is 605. The van der Waals surface area contributed by atoms with Crippen LogP contribution in [0.25, 0.3) is 0 Å². The molecule has 0 aliphatic rings. The molecule has 0 aromatic heterocycles. The molecule has 0 unspecified atom stereocenters. The third-order valence-electron chi connectivity index (χ3n) is 2.49. The van der Waals surface area contributed by atoms with Gasteiger partial charge in [0.2, 0.25) is 0 Å². The monoisotopic (exact) mass is 242 g/mol. The van der Waals surface area contributed by atoms with Crippen molar-refractivity contribution in [3.63, 3.8) is 0 Å². The molecule has 18 heavy (non-hydrogen) atoms. The molecule has 0 spiro atoms. The van der Waals surface area contributed by atoms with Gasteiger partial charge in [-0.1, -0.05) is 12.1 Å². The highest BCUT2D eigenvalue weighted by molar-refractivity contribution is 5.67. The summed E-state index contributed by atoms with van der Waals surface area (Å²) in [6.45, 7) is 0. The standard InChI is InChI=1S/C14H11FN2O/c1-18-11-6-7-12(15)14(8-11)17-13-5-3-2-4-10(13)9-16/h2-8,17H,1H3. The topological polar surface area (TPSA) is 45.0 Å². The molecule has 0 bridgehead atoms. The predicted octanol–water partition coefficient (Wildman–Crippen LogP) is 3.45. The summed E-state index contributed by atoms with van der Waals surface area (Å²) in [5.74, 6) is 0.150. The van der Waals surface area contributed by atoms with E-state index in [1.165, 1.54) is 19.2 Å². The number of para-hydroxylation sites is 1. The molecule has 4 heteroatoms. The second-order valence-electron chi connectivity index (χ2n) is 3.63. The number of ether oxygens (including phenoxy) is 1. The fourth-order valence-corrected chi connectivity index (χ4v) is 1.56. The van der Waals surface area contributed by atoms with Crippen molar-refractivity contribution < 1.29 is 9.13 Å². The largest absolute Gasteiger partial charge is 0.497 e. The van der Waals surface area contributed by atoms with Crippen LogP contribution in [0.3, 0.4) is 0 Å². The number of benzene rings is 2. The van der Waals surface area contributed by atoms with Crippen LogP contribution in [0, 0.1) is 17.1 Å². The van der Waals surface area contributed by atoms with Crippen LogP contribution < -0.4 is 10.1 Å². The van der Waals surface area contributed by atoms with Gasteiger partial charge in [-0.25, -0.2) is 4.39 Å². The summed E-state index contributed by atoms with van der Waals surface area (Å²) in [4.78, 5) is 0. The first-order valence-electron chi connectivity index (χ1n) is 5.34. The molecule has 2 rings (SSSR count). The zero-order chi connectivity index (χ0) is 13.0. The van der Waals surface area contributed by atoms with Gasteiger partial charge < -0.3 is 10.1 Å². The lowest BCUT2D eigenvalue weighted by Gasteiger charge is -2.10. The Labute approximate surface area is 104 Å². The third kappa shape index (κ3) is 2.41. The number of nitrogens with zero attached hydrogens (tertiary/aromatic N) is 1. The van der Waals surface area contributed by atoms with Crippen LogP contribution in [0.5, 0.6) is 5.75 Å². The van der Waals surface area contributed by atoms with Gasteiger partial charge in [0, 0.05) is 6.07 Å². The van der Waals surface area contributed by atoms with Gasteiger partial charge in [0.05, 0.1) is 24.0 Å². The first-order chi connectivity index (χ1) is 8.74. The molecule has 2 aromatic rings. The Hall–Kier alpha value is -2.54. The maximum atomic E-state index is 13.6. The quantitative estimate of drug-likeness (QED) is 0.896. The lowest BCUT2D eigenvalue weighted by molar-refractivity contribution is 0.414. The Morgan fingerprint density at radius 3 is 2.67 bits per heavy atom. The molecule has 0 amide bonds. The SMILES string of the molecule is COc1ccc(F)c(Nc2ccccc2C#N)c1. The maximum absolute atomic E-state index is 13.6. The molecule has 0 saturated carbocycles. The summed E-state index contributed by atoms with van der Waals surface area (Å²) in [6, 6.07) is 13.4. The van der Waals surface area contributed by atoms with Crippen molar-refractivity contribution in [3.8, 4) is 11.8 Å². The number of anilines is 2. The van der Waals surface area contributed by atoms with Gasteiger partial charge in [-0.2, -0.15) is 5.26 Å². The Morgan fingerprint density at radius 1 is 1.17 bits per heavy atom. The van der Waals surface area contributed by atoms with E-state index in [0.29, 0.717) is 17.0 Å². The van der Waals surface area contributed by atoms with Crippen molar-refractivity contribution in [2.45, 2.75) is 0 Å². The van der Waals surface area contributed by atoms with E-state index in [1.807, 2.05) is 6.07 Å². The van der Waals surface area contributed by atoms with E-state index in [-0.39, 0.29) is 5.69 Å². The summed E-state index contributed by atoms with van der Waals surface area (Å²) >= 11 is 0. The van der Waals surface area contributed by atoms with E-state index < -0.39 is 5.82 Å². The molecule has 0 radical (unpaired) electrons. The number of methoxy groups -OCH3 is 1. The highest BCUT2D eigenvalue weighted by Gasteiger charge is 2.06. The number of hydrogen-bond donors (Lipinski definition) is 1. The van der Waals surface area contributed by atoms with Gasteiger partial charge in [0.15, 0.2) is 0 Å². The number of hydrogen-bond acceptors (Lipinski definition) is 3. The van der Waals surface area contributed by atoms with Gasteiger partial charge in [-0.3, -0.25) is 0 Å². The summed E-state index contributed by atoms with van der Waals surface area (Å²) in [5.41, 5.74) is 1.30. The molecule has 0 atom stereocenters. The van der Waals surface area contributed by atoms with Gasteiger partial charge in [0.25, 0.3) is 0 Å². The molecular formula is C14H11FN2O. The molecule has 3 nitrogen and oxygen atoms in total. The van der Waals surface area contributed by atoms with Crippen molar-refractivity contribution >= 4 is 11.4 Å². The summed E-state index contributed by atoms with van der Waals surface area (Å²) in [5, 5.41) is 11.8. The normalized spacial score (nSPS) is 9.61. The van der Waals surface area contributed by atoms with E-state index in [9.17, 15) is 4.39 Å². The molecule has 0 aliphatic carbocycles. The second kappa shape index (κ2) is 5.19. The van der Waals surface area contributed by atoms with Crippen LogP contribution in [0.2, 0.25) is 0 Å². The first-order valence-corrected chi connectivity index (χ1v) is 5.34. The van der Waals surface area contributed by atoms with Crippen molar-refractivity contribution in [1.29, 1.82) is 5.26 Å². The van der Waals surface area contributed by atoms with E-state index in [0.717, 1.165) is 0 Å². The summed E-state index contributed by atoms with van der Waals surface area (Å²) < 4.78 is 18.7. The number of nitriles is 1. The minimum Gasteiger partial charge on any atom is -0.497 e. The van der Waals surface area contributed by atoms with Gasteiger partial charge >= 0.3 is 0 Å². The zero-order valence-corrected chi connectivity index (χ0v) is 9.77. The highest BCUT2D eigenvalue weighted by atomic mass is 19.1. The van der Waals surface area contributed by atoms with Crippen LogP contribution >= 0.6 is 0 Å². The van der Waals surface area contributed by atoms with Crippen LogP contribution in [-0.4, -0.2) is 7.11 Å². The van der Waals surface area contributed by atoms with Crippen molar-refractivity contribution in [1.82, 2.24) is 0 Å². The highest BCUT2D eigenvalue weighted by Crippen LogP contribution is 2.26. The molecule has 0 fully saturated rings. The van der Waals surface area contributed by atoms with E-state index >= 15 is 0 Å². The fourth-order valence-electron chi connectivity index (χ4n) is 1.56.